The SMILES string of the molecule is CC1CCC(NC(=O)[C@@H]2CCCCC(=O)N2)CC1. The normalized spacial score (nSPS) is 33.4. The van der Waals surface area contributed by atoms with Crippen LogP contribution < -0.4 is 10.6 Å². The summed E-state index contributed by atoms with van der Waals surface area (Å²) in [6.45, 7) is 2.27. The van der Waals surface area contributed by atoms with Crippen molar-refractivity contribution in [2.45, 2.75) is 70.4 Å². The standard InChI is InChI=1S/C14H24N2O2/c1-10-6-8-11(9-7-10)15-14(18)12-4-2-3-5-13(17)16-12/h10-12H,2-9H2,1H3,(H,15,18)(H,16,17)/t10?,11?,12-/m0/s1. The molecule has 0 spiro atoms. The Morgan fingerprint density at radius 3 is 2.61 bits per heavy atom. The fourth-order valence-corrected chi connectivity index (χ4v) is 2.88. The number of carbonyl (C=O) groups excluding carboxylic acids is 2. The zero-order valence-electron chi connectivity index (χ0n) is 11.2. The van der Waals surface area contributed by atoms with E-state index in [0.717, 1.165) is 38.0 Å². The van der Waals surface area contributed by atoms with E-state index in [9.17, 15) is 9.59 Å². The van der Waals surface area contributed by atoms with E-state index in [4.69, 9.17) is 0 Å². The van der Waals surface area contributed by atoms with Crippen molar-refractivity contribution >= 4 is 11.8 Å². The molecule has 2 fully saturated rings. The van der Waals surface area contributed by atoms with Gasteiger partial charge in [0, 0.05) is 12.5 Å². The number of carbonyl (C=O) groups is 2. The van der Waals surface area contributed by atoms with Crippen LogP contribution in [0.1, 0.15) is 58.3 Å². The van der Waals surface area contributed by atoms with Crippen LogP contribution in [0.25, 0.3) is 0 Å². The minimum absolute atomic E-state index is 0.0183. The van der Waals surface area contributed by atoms with Crippen LogP contribution in [-0.4, -0.2) is 23.9 Å². The van der Waals surface area contributed by atoms with Gasteiger partial charge in [0.1, 0.15) is 6.04 Å². The minimum Gasteiger partial charge on any atom is -0.352 e. The van der Waals surface area contributed by atoms with Gasteiger partial charge in [-0.15, -0.1) is 0 Å². The molecule has 102 valence electrons. The van der Waals surface area contributed by atoms with Crippen LogP contribution in [0.5, 0.6) is 0 Å². The number of hydrogen-bond donors (Lipinski definition) is 2. The maximum Gasteiger partial charge on any atom is 0.242 e. The van der Waals surface area contributed by atoms with Gasteiger partial charge in [-0.1, -0.05) is 13.3 Å². The van der Waals surface area contributed by atoms with Gasteiger partial charge in [-0.2, -0.15) is 0 Å². The molecule has 0 aromatic rings. The summed E-state index contributed by atoms with van der Waals surface area (Å²) >= 11 is 0. The fraction of sp³-hybridized carbons (Fsp3) is 0.857. The summed E-state index contributed by atoms with van der Waals surface area (Å²) in [5.41, 5.74) is 0. The third kappa shape index (κ3) is 3.72. The molecule has 2 aliphatic rings. The lowest BCUT2D eigenvalue weighted by atomic mass is 9.87. The first-order chi connectivity index (χ1) is 8.65. The van der Waals surface area contributed by atoms with Crippen LogP contribution in [0.3, 0.4) is 0 Å². The van der Waals surface area contributed by atoms with E-state index in [1.807, 2.05) is 0 Å². The van der Waals surface area contributed by atoms with E-state index in [1.54, 1.807) is 0 Å². The van der Waals surface area contributed by atoms with E-state index in [-0.39, 0.29) is 17.9 Å². The van der Waals surface area contributed by atoms with Gasteiger partial charge in [-0.25, -0.2) is 0 Å². The molecule has 0 radical (unpaired) electrons. The Hall–Kier alpha value is -1.06. The molecule has 1 aliphatic carbocycles. The summed E-state index contributed by atoms with van der Waals surface area (Å²) < 4.78 is 0. The molecule has 0 aromatic heterocycles. The van der Waals surface area contributed by atoms with Crippen molar-refractivity contribution in [1.29, 1.82) is 0 Å². The topological polar surface area (TPSA) is 58.2 Å². The predicted molar refractivity (Wildman–Crippen MR) is 70.0 cm³/mol. The van der Waals surface area contributed by atoms with Crippen LogP contribution in [-0.2, 0) is 9.59 Å². The van der Waals surface area contributed by atoms with Crippen LogP contribution in [0.15, 0.2) is 0 Å². The van der Waals surface area contributed by atoms with Crippen LogP contribution in [0, 0.1) is 5.92 Å². The highest BCUT2D eigenvalue weighted by atomic mass is 16.2. The van der Waals surface area contributed by atoms with Crippen molar-refractivity contribution in [1.82, 2.24) is 10.6 Å². The maximum absolute atomic E-state index is 12.1. The summed E-state index contributed by atoms with van der Waals surface area (Å²) in [5.74, 6) is 0.824. The smallest absolute Gasteiger partial charge is 0.242 e. The summed E-state index contributed by atoms with van der Waals surface area (Å²) in [6, 6.07) is 0.00760. The molecule has 2 N–H and O–H groups in total. The van der Waals surface area contributed by atoms with Crippen LogP contribution >= 0.6 is 0 Å². The first-order valence-corrected chi connectivity index (χ1v) is 7.25. The second-order valence-electron chi connectivity index (χ2n) is 5.83. The van der Waals surface area contributed by atoms with E-state index in [2.05, 4.69) is 17.6 Å². The molecule has 18 heavy (non-hydrogen) atoms. The first-order valence-electron chi connectivity index (χ1n) is 7.25. The highest BCUT2D eigenvalue weighted by molar-refractivity contribution is 5.88. The van der Waals surface area contributed by atoms with Crippen molar-refractivity contribution < 1.29 is 9.59 Å². The van der Waals surface area contributed by atoms with Crippen molar-refractivity contribution in [2.24, 2.45) is 5.92 Å². The Labute approximate surface area is 109 Å². The molecule has 1 aliphatic heterocycles. The first kappa shape index (κ1) is 13.4. The number of rotatable bonds is 2. The van der Waals surface area contributed by atoms with Gasteiger partial charge in [0.25, 0.3) is 0 Å². The van der Waals surface area contributed by atoms with Crippen LogP contribution in [0.2, 0.25) is 0 Å². The highest BCUT2D eigenvalue weighted by Gasteiger charge is 2.26. The molecule has 4 heteroatoms. The van der Waals surface area contributed by atoms with Crippen LogP contribution in [0.4, 0.5) is 0 Å². The lowest BCUT2D eigenvalue weighted by Gasteiger charge is -2.28. The van der Waals surface area contributed by atoms with E-state index in [1.165, 1.54) is 12.8 Å². The molecule has 0 aromatic carbocycles. The third-order valence-electron chi connectivity index (χ3n) is 4.16. The summed E-state index contributed by atoms with van der Waals surface area (Å²) in [6.07, 6.45) is 7.74. The molecule has 1 atom stereocenters. The average molecular weight is 252 g/mol. The quantitative estimate of drug-likeness (QED) is 0.786. The summed E-state index contributed by atoms with van der Waals surface area (Å²) in [4.78, 5) is 23.6. The average Bonchev–Trinajstić information content (AvgIpc) is 2.57. The Morgan fingerprint density at radius 2 is 1.89 bits per heavy atom. The second-order valence-corrected chi connectivity index (χ2v) is 5.83. The van der Waals surface area contributed by atoms with E-state index >= 15 is 0 Å². The molecule has 0 bridgehead atoms. The van der Waals surface area contributed by atoms with Gasteiger partial charge in [-0.3, -0.25) is 9.59 Å². The Kier molecular flexibility index (Phi) is 4.61. The molecule has 1 heterocycles. The Morgan fingerprint density at radius 1 is 1.17 bits per heavy atom. The lowest BCUT2D eigenvalue weighted by Crippen LogP contribution is -2.49. The molecule has 1 saturated carbocycles. The monoisotopic (exact) mass is 252 g/mol. The highest BCUT2D eigenvalue weighted by Crippen LogP contribution is 2.23. The second kappa shape index (κ2) is 6.21. The van der Waals surface area contributed by atoms with Crippen molar-refractivity contribution in [3.8, 4) is 0 Å². The van der Waals surface area contributed by atoms with E-state index < -0.39 is 0 Å². The molecule has 4 nitrogen and oxygen atoms in total. The Bertz CT molecular complexity index is 309. The van der Waals surface area contributed by atoms with Gasteiger partial charge < -0.3 is 10.6 Å². The van der Waals surface area contributed by atoms with E-state index in [0.29, 0.717) is 12.5 Å². The molecular formula is C14H24N2O2. The van der Waals surface area contributed by atoms with Gasteiger partial charge in [0.15, 0.2) is 0 Å². The fourth-order valence-electron chi connectivity index (χ4n) is 2.88. The molecule has 2 rings (SSSR count). The third-order valence-corrected chi connectivity index (χ3v) is 4.16. The summed E-state index contributed by atoms with van der Waals surface area (Å²) in [7, 11) is 0. The number of nitrogens with one attached hydrogen (secondary N) is 2. The predicted octanol–water partition coefficient (Wildman–Crippen LogP) is 1.74. The number of hydrogen-bond acceptors (Lipinski definition) is 2. The van der Waals surface area contributed by atoms with Crippen molar-refractivity contribution in [2.75, 3.05) is 0 Å². The van der Waals surface area contributed by atoms with Crippen molar-refractivity contribution in [3.63, 3.8) is 0 Å². The zero-order valence-corrected chi connectivity index (χ0v) is 11.2. The van der Waals surface area contributed by atoms with Crippen molar-refractivity contribution in [3.05, 3.63) is 0 Å². The minimum atomic E-state index is -0.306. The molecular weight excluding hydrogens is 228 g/mol. The Balaban J connectivity index is 1.81. The molecule has 2 amide bonds. The summed E-state index contributed by atoms with van der Waals surface area (Å²) in [5, 5.41) is 5.93. The largest absolute Gasteiger partial charge is 0.352 e. The molecule has 0 unspecified atom stereocenters. The lowest BCUT2D eigenvalue weighted by molar-refractivity contribution is -0.129. The van der Waals surface area contributed by atoms with Gasteiger partial charge in [0.05, 0.1) is 0 Å². The zero-order chi connectivity index (χ0) is 13.0. The number of amides is 2. The molecule has 1 saturated heterocycles. The van der Waals surface area contributed by atoms with Gasteiger partial charge in [-0.05, 0) is 44.4 Å². The maximum atomic E-state index is 12.1. The van der Waals surface area contributed by atoms with Gasteiger partial charge >= 0.3 is 0 Å². The van der Waals surface area contributed by atoms with Gasteiger partial charge in [0.2, 0.25) is 11.8 Å².